The number of halogens is 1. The zero-order valence-electron chi connectivity index (χ0n) is 29.2. The number of amides is 5. The number of Topliss-reactive ketones (excluding diaryl/α,β-unsaturated/α-hetero) is 1. The number of nitrogens with one attached hydrogen (secondary N) is 3. The normalized spacial score (nSPS) is 20.4. The molecule has 3 aliphatic rings. The molecule has 0 unspecified atom stereocenters. The van der Waals surface area contributed by atoms with Gasteiger partial charge in [-0.05, 0) is 42.2 Å². The van der Waals surface area contributed by atoms with Crippen molar-refractivity contribution < 1.29 is 33.2 Å². The summed E-state index contributed by atoms with van der Waals surface area (Å²) >= 11 is 0. The number of carbonyl (C=O) groups excluding carboxylic acids is 6. The zero-order valence-corrected chi connectivity index (χ0v) is 29.2. The van der Waals surface area contributed by atoms with Crippen LogP contribution in [0.3, 0.4) is 0 Å². The molecule has 0 aliphatic carbocycles. The standard InChI is InChI=1S/C37H40FN9O6/c1-22(48)6-11-33(49)40-12-13-41-35(51)24-9-7-23(8-10-24)31-21-46(44-43-31)18-26-5-3-4-25-17-45(20-29(25)26)34(50)15-27-14-30(42-36(27)52)37(53)47-19-28(38)16-32(47)39-2/h3-5,7-10,21,27-28,30,32H,6,11-20H2,1H3,(H,40,49)(H,41,51)(H,42,52)/t27-,28-,30-,32-/m0/s1. The maximum absolute atomic E-state index is 13.9. The monoisotopic (exact) mass is 725 g/mol. The molecule has 53 heavy (non-hydrogen) atoms. The van der Waals surface area contributed by atoms with Crippen molar-refractivity contribution in [2.75, 3.05) is 19.6 Å². The number of carbonyl (C=O) groups is 6. The predicted octanol–water partition coefficient (Wildman–Crippen LogP) is 1.76. The lowest BCUT2D eigenvalue weighted by molar-refractivity contribution is -0.135. The number of hydrogen-bond donors (Lipinski definition) is 3. The quantitative estimate of drug-likeness (QED) is 0.176. The summed E-state index contributed by atoms with van der Waals surface area (Å²) in [6, 6.07) is 11.9. The van der Waals surface area contributed by atoms with Crippen LogP contribution in [0, 0.1) is 12.5 Å². The second-order valence-corrected chi connectivity index (χ2v) is 13.6. The van der Waals surface area contributed by atoms with E-state index in [0.29, 0.717) is 30.9 Å². The van der Waals surface area contributed by atoms with Gasteiger partial charge in [-0.1, -0.05) is 35.5 Å². The van der Waals surface area contributed by atoms with Gasteiger partial charge in [-0.2, -0.15) is 0 Å². The first-order valence-electron chi connectivity index (χ1n) is 17.5. The summed E-state index contributed by atoms with van der Waals surface area (Å²) < 4.78 is 15.6. The van der Waals surface area contributed by atoms with Crippen molar-refractivity contribution in [2.24, 2.45) is 5.92 Å². The molecule has 2 fully saturated rings. The maximum Gasteiger partial charge on any atom is 0.303 e. The van der Waals surface area contributed by atoms with Gasteiger partial charge in [-0.3, -0.25) is 33.7 Å². The lowest BCUT2D eigenvalue weighted by Gasteiger charge is -2.20. The van der Waals surface area contributed by atoms with E-state index in [1.54, 1.807) is 40.0 Å². The maximum atomic E-state index is 13.9. The Hall–Kier alpha value is -5.98. The second-order valence-electron chi connectivity index (χ2n) is 13.6. The van der Waals surface area contributed by atoms with Crippen LogP contribution in [0.5, 0.6) is 0 Å². The Morgan fingerprint density at radius 1 is 1.02 bits per heavy atom. The van der Waals surface area contributed by atoms with E-state index in [-0.39, 0.29) is 75.2 Å². The van der Waals surface area contributed by atoms with Crippen molar-refractivity contribution in [3.63, 3.8) is 0 Å². The number of fused-ring (bicyclic) bond motifs is 1. The molecule has 1 aromatic heterocycles. The van der Waals surface area contributed by atoms with Crippen LogP contribution in [-0.4, -0.2) is 98.1 Å². The Morgan fingerprint density at radius 2 is 1.79 bits per heavy atom. The predicted molar refractivity (Wildman–Crippen MR) is 187 cm³/mol. The summed E-state index contributed by atoms with van der Waals surface area (Å²) in [6.07, 6.45) is -0.0353. The molecule has 5 amide bonds. The molecule has 0 saturated carbocycles. The van der Waals surface area contributed by atoms with Gasteiger partial charge in [-0.25, -0.2) is 15.6 Å². The van der Waals surface area contributed by atoms with Crippen LogP contribution in [0.15, 0.2) is 48.7 Å². The molecule has 0 bridgehead atoms. The molecule has 3 N–H and O–H groups in total. The fraction of sp³-hybridized carbons (Fsp3) is 0.432. The molecule has 4 heterocycles. The van der Waals surface area contributed by atoms with Crippen LogP contribution in [0.1, 0.15) is 66.1 Å². The minimum absolute atomic E-state index is 0.0405. The fourth-order valence-electron chi connectivity index (χ4n) is 6.89. The van der Waals surface area contributed by atoms with E-state index in [0.717, 1.165) is 22.3 Å². The highest BCUT2D eigenvalue weighted by Crippen LogP contribution is 2.31. The number of aromatic nitrogens is 3. The van der Waals surface area contributed by atoms with Gasteiger partial charge in [0.1, 0.15) is 23.7 Å². The Morgan fingerprint density at radius 3 is 2.55 bits per heavy atom. The lowest BCUT2D eigenvalue weighted by atomic mass is 10.00. The van der Waals surface area contributed by atoms with E-state index in [9.17, 15) is 33.2 Å². The van der Waals surface area contributed by atoms with Crippen molar-refractivity contribution in [1.82, 2.24) is 40.7 Å². The van der Waals surface area contributed by atoms with E-state index in [2.05, 4.69) is 31.1 Å². The average molecular weight is 726 g/mol. The van der Waals surface area contributed by atoms with Crippen LogP contribution in [0.25, 0.3) is 16.1 Å². The van der Waals surface area contributed by atoms with Crippen LogP contribution in [-0.2, 0) is 43.6 Å². The van der Waals surface area contributed by atoms with E-state index in [1.165, 1.54) is 11.8 Å². The third-order valence-electron chi connectivity index (χ3n) is 9.76. The third kappa shape index (κ3) is 8.74. The SMILES string of the molecule is [C-]#[N+][C@@H]1C[C@H](F)CN1C(=O)[C@@H]1C[C@@H](CC(=O)N2Cc3cccc(Cn4cc(-c5ccc(C(=O)NCCNC(=O)CCC(C)=O)cc5)nn4)c3C2)C(=O)N1. The van der Waals surface area contributed by atoms with Gasteiger partial charge in [-0.15, -0.1) is 5.10 Å². The second kappa shape index (κ2) is 16.1. The Labute approximate surface area is 305 Å². The van der Waals surface area contributed by atoms with E-state index >= 15 is 0 Å². The van der Waals surface area contributed by atoms with Crippen LogP contribution in [0.4, 0.5) is 4.39 Å². The summed E-state index contributed by atoms with van der Waals surface area (Å²) in [5.74, 6) is -2.38. The van der Waals surface area contributed by atoms with Crippen molar-refractivity contribution in [2.45, 2.75) is 77.0 Å². The number of benzene rings is 2. The van der Waals surface area contributed by atoms with Gasteiger partial charge in [0.15, 0.2) is 0 Å². The summed E-state index contributed by atoms with van der Waals surface area (Å²) in [4.78, 5) is 80.7. The van der Waals surface area contributed by atoms with Crippen molar-refractivity contribution in [3.05, 3.63) is 82.3 Å². The number of ketones is 1. The molecule has 3 aromatic rings. The van der Waals surface area contributed by atoms with Gasteiger partial charge < -0.3 is 25.6 Å². The number of nitrogens with zero attached hydrogens (tertiary/aromatic N) is 6. The molecule has 4 atom stereocenters. The molecule has 0 radical (unpaired) electrons. The first-order chi connectivity index (χ1) is 25.5. The smallest absolute Gasteiger partial charge is 0.303 e. The Bertz CT molecular complexity index is 1960. The van der Waals surface area contributed by atoms with Crippen molar-refractivity contribution in [1.29, 1.82) is 0 Å². The van der Waals surface area contributed by atoms with Crippen LogP contribution < -0.4 is 16.0 Å². The van der Waals surface area contributed by atoms with Gasteiger partial charge in [0, 0.05) is 62.5 Å². The van der Waals surface area contributed by atoms with Crippen molar-refractivity contribution >= 4 is 35.3 Å². The van der Waals surface area contributed by atoms with E-state index in [1.807, 2.05) is 18.2 Å². The molecule has 6 rings (SSSR count). The highest BCUT2D eigenvalue weighted by molar-refractivity contribution is 5.95. The van der Waals surface area contributed by atoms with Gasteiger partial charge in [0.05, 0.1) is 25.7 Å². The van der Waals surface area contributed by atoms with E-state index in [4.69, 9.17) is 6.57 Å². The Balaban J connectivity index is 0.994. The molecular weight excluding hydrogens is 685 g/mol. The van der Waals surface area contributed by atoms with Crippen LogP contribution >= 0.6 is 0 Å². The average Bonchev–Trinajstić information content (AvgIpc) is 3.95. The molecule has 2 saturated heterocycles. The minimum Gasteiger partial charge on any atom is -0.354 e. The number of hydrogen-bond acceptors (Lipinski definition) is 8. The summed E-state index contributed by atoms with van der Waals surface area (Å²) in [6.45, 7) is 10.2. The van der Waals surface area contributed by atoms with Crippen LogP contribution in [0.2, 0.25) is 0 Å². The molecule has 276 valence electrons. The topological polar surface area (TPSA) is 180 Å². The summed E-state index contributed by atoms with van der Waals surface area (Å²) in [7, 11) is 0. The minimum atomic E-state index is -1.27. The summed E-state index contributed by atoms with van der Waals surface area (Å²) in [5.41, 5.74) is 4.76. The summed E-state index contributed by atoms with van der Waals surface area (Å²) in [5, 5.41) is 16.7. The molecule has 15 nitrogen and oxygen atoms in total. The molecular formula is C37H40FN9O6. The molecule has 2 aromatic carbocycles. The van der Waals surface area contributed by atoms with Gasteiger partial charge in [0.25, 0.3) is 11.8 Å². The first kappa shape index (κ1) is 36.8. The number of likely N-dealkylation sites (tertiary alicyclic amines) is 1. The molecule has 3 aliphatic heterocycles. The van der Waals surface area contributed by atoms with E-state index < -0.39 is 36.1 Å². The van der Waals surface area contributed by atoms with Crippen molar-refractivity contribution in [3.8, 4) is 11.3 Å². The first-order valence-corrected chi connectivity index (χ1v) is 17.5. The molecule has 16 heteroatoms. The molecule has 0 spiro atoms. The number of alkyl halides is 1. The van der Waals surface area contributed by atoms with Gasteiger partial charge >= 0.3 is 6.17 Å². The Kier molecular flexibility index (Phi) is 11.2. The zero-order chi connectivity index (χ0) is 37.6. The highest BCUT2D eigenvalue weighted by atomic mass is 19.1. The number of rotatable bonds is 13. The fourth-order valence-corrected chi connectivity index (χ4v) is 6.89. The lowest BCUT2D eigenvalue weighted by Crippen LogP contribution is -2.46. The van der Waals surface area contributed by atoms with Gasteiger partial charge in [0.2, 0.25) is 17.7 Å². The third-order valence-corrected chi connectivity index (χ3v) is 9.76. The largest absolute Gasteiger partial charge is 0.354 e. The highest BCUT2D eigenvalue weighted by Gasteiger charge is 2.46.